The van der Waals surface area contributed by atoms with E-state index in [0.717, 1.165) is 5.69 Å². The zero-order valence-electron chi connectivity index (χ0n) is 13.0. The SMILES string of the molecule is N#Cc1ccccc1NC(=O)c1ccc(Nc2ccccc2Cl)cn1. The average Bonchev–Trinajstić information content (AvgIpc) is 2.64. The Bertz CT molecular complexity index is 948. The normalized spacial score (nSPS) is 9.92. The van der Waals surface area contributed by atoms with Crippen molar-refractivity contribution >= 4 is 34.6 Å². The van der Waals surface area contributed by atoms with Crippen LogP contribution in [0.2, 0.25) is 5.02 Å². The maximum absolute atomic E-state index is 12.3. The molecule has 1 amide bonds. The van der Waals surface area contributed by atoms with Crippen molar-refractivity contribution in [2.24, 2.45) is 0 Å². The van der Waals surface area contributed by atoms with E-state index in [4.69, 9.17) is 16.9 Å². The van der Waals surface area contributed by atoms with Crippen LogP contribution in [-0.2, 0) is 0 Å². The zero-order valence-corrected chi connectivity index (χ0v) is 13.8. The highest BCUT2D eigenvalue weighted by molar-refractivity contribution is 6.33. The number of pyridine rings is 1. The molecule has 3 aromatic rings. The second-order valence-electron chi connectivity index (χ2n) is 5.15. The van der Waals surface area contributed by atoms with Gasteiger partial charge in [-0.15, -0.1) is 0 Å². The van der Waals surface area contributed by atoms with Crippen LogP contribution in [-0.4, -0.2) is 10.9 Å². The van der Waals surface area contributed by atoms with Gasteiger partial charge in [0.05, 0.1) is 33.8 Å². The fourth-order valence-corrected chi connectivity index (χ4v) is 2.38. The Kier molecular flexibility index (Phi) is 4.93. The lowest BCUT2D eigenvalue weighted by Crippen LogP contribution is -2.14. The van der Waals surface area contributed by atoms with E-state index in [1.807, 2.05) is 24.3 Å². The number of anilines is 3. The lowest BCUT2D eigenvalue weighted by molar-refractivity contribution is 0.102. The number of carbonyl (C=O) groups excluding carboxylic acids is 1. The van der Waals surface area contributed by atoms with Crippen LogP contribution < -0.4 is 10.6 Å². The van der Waals surface area contributed by atoms with Crippen LogP contribution in [0, 0.1) is 11.3 Å². The third-order valence-electron chi connectivity index (χ3n) is 3.44. The summed E-state index contributed by atoms with van der Waals surface area (Å²) in [7, 11) is 0. The van der Waals surface area contributed by atoms with E-state index in [1.54, 1.807) is 48.7 Å². The molecular formula is C19H13ClN4O. The summed E-state index contributed by atoms with van der Waals surface area (Å²) in [4.78, 5) is 16.4. The molecule has 0 fully saturated rings. The maximum atomic E-state index is 12.3. The number of hydrogen-bond acceptors (Lipinski definition) is 4. The highest BCUT2D eigenvalue weighted by atomic mass is 35.5. The summed E-state index contributed by atoms with van der Waals surface area (Å²) >= 11 is 6.10. The van der Waals surface area contributed by atoms with Crippen LogP contribution in [0.3, 0.4) is 0 Å². The number of amides is 1. The smallest absolute Gasteiger partial charge is 0.274 e. The molecule has 122 valence electrons. The Morgan fingerprint density at radius 2 is 1.72 bits per heavy atom. The third-order valence-corrected chi connectivity index (χ3v) is 3.77. The predicted octanol–water partition coefficient (Wildman–Crippen LogP) is 4.60. The van der Waals surface area contributed by atoms with Crippen molar-refractivity contribution in [1.82, 2.24) is 4.98 Å². The van der Waals surface area contributed by atoms with Crippen molar-refractivity contribution in [3.05, 3.63) is 83.1 Å². The summed E-state index contributed by atoms with van der Waals surface area (Å²) in [6.45, 7) is 0. The Morgan fingerprint density at radius 3 is 2.40 bits per heavy atom. The van der Waals surface area contributed by atoms with Gasteiger partial charge >= 0.3 is 0 Å². The van der Waals surface area contributed by atoms with Crippen LogP contribution in [0.15, 0.2) is 66.9 Å². The van der Waals surface area contributed by atoms with Crippen molar-refractivity contribution in [2.45, 2.75) is 0 Å². The maximum Gasteiger partial charge on any atom is 0.274 e. The van der Waals surface area contributed by atoms with Crippen molar-refractivity contribution in [3.63, 3.8) is 0 Å². The Morgan fingerprint density at radius 1 is 1.00 bits per heavy atom. The zero-order chi connectivity index (χ0) is 17.6. The third kappa shape index (κ3) is 3.94. The Hall–Kier alpha value is -3.36. The van der Waals surface area contributed by atoms with Gasteiger partial charge in [-0.25, -0.2) is 4.98 Å². The van der Waals surface area contributed by atoms with E-state index in [-0.39, 0.29) is 11.6 Å². The van der Waals surface area contributed by atoms with Gasteiger partial charge in [-0.3, -0.25) is 4.79 Å². The molecule has 6 heteroatoms. The molecule has 25 heavy (non-hydrogen) atoms. The minimum absolute atomic E-state index is 0.248. The number of nitrogens with one attached hydrogen (secondary N) is 2. The summed E-state index contributed by atoms with van der Waals surface area (Å²) < 4.78 is 0. The van der Waals surface area contributed by atoms with Gasteiger partial charge in [-0.2, -0.15) is 5.26 Å². The van der Waals surface area contributed by atoms with Gasteiger partial charge < -0.3 is 10.6 Å². The molecule has 0 spiro atoms. The predicted molar refractivity (Wildman–Crippen MR) is 98.1 cm³/mol. The molecule has 0 aliphatic heterocycles. The van der Waals surface area contributed by atoms with Crippen molar-refractivity contribution in [1.29, 1.82) is 5.26 Å². The number of nitriles is 1. The van der Waals surface area contributed by atoms with Crippen molar-refractivity contribution in [2.75, 3.05) is 10.6 Å². The molecule has 2 aromatic carbocycles. The van der Waals surface area contributed by atoms with Crippen molar-refractivity contribution < 1.29 is 4.79 Å². The van der Waals surface area contributed by atoms with E-state index in [2.05, 4.69) is 15.6 Å². The molecule has 2 N–H and O–H groups in total. The number of hydrogen-bond donors (Lipinski definition) is 2. The van der Waals surface area contributed by atoms with Crippen LogP contribution in [0.25, 0.3) is 0 Å². The second-order valence-corrected chi connectivity index (χ2v) is 5.56. The van der Waals surface area contributed by atoms with E-state index >= 15 is 0 Å². The van der Waals surface area contributed by atoms with Gasteiger partial charge in [0, 0.05) is 0 Å². The van der Waals surface area contributed by atoms with E-state index < -0.39 is 0 Å². The number of para-hydroxylation sites is 2. The molecule has 5 nitrogen and oxygen atoms in total. The molecule has 0 aliphatic carbocycles. The van der Waals surface area contributed by atoms with Gasteiger partial charge in [-0.05, 0) is 36.4 Å². The first-order valence-electron chi connectivity index (χ1n) is 7.45. The molecule has 3 rings (SSSR count). The van der Waals surface area contributed by atoms with Crippen LogP contribution >= 0.6 is 11.6 Å². The fourth-order valence-electron chi connectivity index (χ4n) is 2.20. The molecular weight excluding hydrogens is 336 g/mol. The Balaban J connectivity index is 1.73. The minimum atomic E-state index is -0.382. The number of halogens is 1. The molecule has 0 saturated heterocycles. The number of nitrogens with zero attached hydrogens (tertiary/aromatic N) is 2. The highest BCUT2D eigenvalue weighted by Crippen LogP contribution is 2.24. The summed E-state index contributed by atoms with van der Waals surface area (Å²) in [5.41, 5.74) is 2.56. The van der Waals surface area contributed by atoms with Gasteiger partial charge in [0.1, 0.15) is 11.8 Å². The highest BCUT2D eigenvalue weighted by Gasteiger charge is 2.10. The van der Waals surface area contributed by atoms with Gasteiger partial charge in [-0.1, -0.05) is 35.9 Å². The standard InChI is InChI=1S/C19H13ClN4O/c20-15-6-2-4-8-17(15)23-14-9-10-18(22-12-14)19(25)24-16-7-3-1-5-13(16)11-21/h1-10,12,23H,(H,24,25). The van der Waals surface area contributed by atoms with Crippen LogP contribution in [0.1, 0.15) is 16.1 Å². The van der Waals surface area contributed by atoms with Crippen LogP contribution in [0.4, 0.5) is 17.1 Å². The quantitative estimate of drug-likeness (QED) is 0.722. The van der Waals surface area contributed by atoms with E-state index in [0.29, 0.717) is 22.0 Å². The topological polar surface area (TPSA) is 77.8 Å². The average molecular weight is 349 g/mol. The number of carbonyl (C=O) groups is 1. The molecule has 0 aliphatic rings. The molecule has 0 unspecified atom stereocenters. The van der Waals surface area contributed by atoms with Crippen LogP contribution in [0.5, 0.6) is 0 Å². The summed E-state index contributed by atoms with van der Waals surface area (Å²) in [5.74, 6) is -0.382. The first kappa shape index (κ1) is 16.5. The number of benzene rings is 2. The Labute approximate surface area is 149 Å². The number of aromatic nitrogens is 1. The van der Waals surface area contributed by atoms with Crippen molar-refractivity contribution in [3.8, 4) is 6.07 Å². The second kappa shape index (κ2) is 7.47. The fraction of sp³-hybridized carbons (Fsp3) is 0. The molecule has 1 aromatic heterocycles. The summed E-state index contributed by atoms with van der Waals surface area (Å²) in [5, 5.41) is 15.5. The lowest BCUT2D eigenvalue weighted by atomic mass is 10.2. The van der Waals surface area contributed by atoms with Gasteiger partial charge in [0.25, 0.3) is 5.91 Å². The molecule has 0 bridgehead atoms. The lowest BCUT2D eigenvalue weighted by Gasteiger charge is -2.09. The van der Waals surface area contributed by atoms with E-state index in [9.17, 15) is 4.79 Å². The first-order chi connectivity index (χ1) is 12.2. The molecule has 0 saturated carbocycles. The van der Waals surface area contributed by atoms with Gasteiger partial charge in [0.2, 0.25) is 0 Å². The monoisotopic (exact) mass is 348 g/mol. The molecule has 1 heterocycles. The first-order valence-corrected chi connectivity index (χ1v) is 7.83. The molecule has 0 atom stereocenters. The molecule has 0 radical (unpaired) electrons. The van der Waals surface area contributed by atoms with E-state index in [1.165, 1.54) is 0 Å². The summed E-state index contributed by atoms with van der Waals surface area (Å²) in [6.07, 6.45) is 1.55. The summed E-state index contributed by atoms with van der Waals surface area (Å²) in [6, 6.07) is 19.5. The van der Waals surface area contributed by atoms with Gasteiger partial charge in [0.15, 0.2) is 0 Å². The largest absolute Gasteiger partial charge is 0.353 e. The number of rotatable bonds is 4. The minimum Gasteiger partial charge on any atom is -0.353 e.